The van der Waals surface area contributed by atoms with E-state index in [9.17, 15) is 5.26 Å². The number of hydrogen-bond acceptors (Lipinski definition) is 5. The summed E-state index contributed by atoms with van der Waals surface area (Å²) in [6, 6.07) is 70.3. The highest BCUT2D eigenvalue weighted by Gasteiger charge is 2.51. The molecule has 1 aromatic heterocycles. The smallest absolute Gasteiger partial charge is 0.164 e. The van der Waals surface area contributed by atoms with Crippen molar-refractivity contribution >= 4 is 11.8 Å². The van der Waals surface area contributed by atoms with Gasteiger partial charge in [0.05, 0.1) is 11.0 Å². The van der Waals surface area contributed by atoms with Crippen molar-refractivity contribution in [1.29, 1.82) is 5.26 Å². The second-order valence-electron chi connectivity index (χ2n) is 14.6. The molecule has 9 aromatic rings. The monoisotopic (exact) mass is 756 g/mol. The largest absolute Gasteiger partial charge is 0.208 e. The molecule has 270 valence electrons. The fourth-order valence-electron chi connectivity index (χ4n) is 8.88. The molecule has 0 amide bonds. The van der Waals surface area contributed by atoms with E-state index in [2.05, 4.69) is 152 Å². The molecular formula is C53H32N4S. The number of nitriles is 1. The molecule has 8 aromatic carbocycles. The van der Waals surface area contributed by atoms with Gasteiger partial charge >= 0.3 is 0 Å². The molecule has 5 heteroatoms. The molecule has 1 spiro atoms. The van der Waals surface area contributed by atoms with Gasteiger partial charge in [0.15, 0.2) is 17.5 Å². The van der Waals surface area contributed by atoms with E-state index in [1.165, 1.54) is 27.8 Å². The third-order valence-corrected chi connectivity index (χ3v) is 12.8. The lowest BCUT2D eigenvalue weighted by molar-refractivity contribution is 0.722. The first kappa shape index (κ1) is 33.9. The van der Waals surface area contributed by atoms with Gasteiger partial charge in [-0.15, -0.1) is 0 Å². The Bertz CT molecular complexity index is 3050. The van der Waals surface area contributed by atoms with Gasteiger partial charge in [0.25, 0.3) is 0 Å². The Hall–Kier alpha value is -7.39. The van der Waals surface area contributed by atoms with Gasteiger partial charge in [0, 0.05) is 26.5 Å². The lowest BCUT2D eigenvalue weighted by Crippen LogP contribution is -2.32. The van der Waals surface area contributed by atoms with Crippen molar-refractivity contribution in [3.8, 4) is 73.6 Å². The zero-order chi connectivity index (χ0) is 38.6. The van der Waals surface area contributed by atoms with Crippen LogP contribution in [0.15, 0.2) is 204 Å². The first-order valence-electron chi connectivity index (χ1n) is 19.3. The minimum absolute atomic E-state index is 0.590. The average molecular weight is 757 g/mol. The summed E-state index contributed by atoms with van der Waals surface area (Å²) in [4.78, 5) is 17.3. The molecule has 58 heavy (non-hydrogen) atoms. The number of fused-ring (bicyclic) bond motifs is 9. The standard InChI is InChI=1S/C53H32N4S/c54-33-40-20-12-26-46-48(40)58-49-41(23-13-27-47(49)53(46)44-24-9-7-21-42(44)43-22-8-10-25-45(43)53)38-18-11-19-39(32-38)52-56-50(36-16-5-2-6-17-36)55-51(57-52)37-30-28-35(29-31-37)34-14-3-1-4-15-34/h1-32H. The number of hydrogen-bond donors (Lipinski definition) is 0. The van der Waals surface area contributed by atoms with Gasteiger partial charge in [-0.2, -0.15) is 5.26 Å². The Morgan fingerprint density at radius 1 is 0.362 bits per heavy atom. The molecule has 0 unspecified atom stereocenters. The highest BCUT2D eigenvalue weighted by Crippen LogP contribution is 2.63. The van der Waals surface area contributed by atoms with Gasteiger partial charge in [0.1, 0.15) is 6.07 Å². The third-order valence-electron chi connectivity index (χ3n) is 11.5. The first-order valence-corrected chi connectivity index (χ1v) is 20.1. The van der Waals surface area contributed by atoms with Crippen LogP contribution in [0.3, 0.4) is 0 Å². The second kappa shape index (κ2) is 13.7. The Balaban J connectivity index is 1.08. The summed E-state index contributed by atoms with van der Waals surface area (Å²) in [6.45, 7) is 0. The summed E-state index contributed by atoms with van der Waals surface area (Å²) in [5.41, 5.74) is 14.6. The van der Waals surface area contributed by atoms with E-state index in [1.807, 2.05) is 48.5 Å². The lowest BCUT2D eigenvalue weighted by Gasteiger charge is -2.40. The van der Waals surface area contributed by atoms with Crippen LogP contribution in [0.5, 0.6) is 0 Å². The minimum atomic E-state index is -0.590. The van der Waals surface area contributed by atoms with E-state index in [4.69, 9.17) is 15.0 Å². The molecule has 2 aliphatic rings. The van der Waals surface area contributed by atoms with E-state index in [-0.39, 0.29) is 0 Å². The summed E-state index contributed by atoms with van der Waals surface area (Å²) < 4.78 is 0. The normalized spacial score (nSPS) is 12.9. The number of benzene rings is 8. The van der Waals surface area contributed by atoms with Crippen LogP contribution in [0.1, 0.15) is 27.8 Å². The summed E-state index contributed by atoms with van der Waals surface area (Å²) in [7, 11) is 0. The lowest BCUT2D eigenvalue weighted by atomic mass is 9.66. The Morgan fingerprint density at radius 3 is 1.45 bits per heavy atom. The Kier molecular flexibility index (Phi) is 7.99. The molecule has 0 radical (unpaired) electrons. The molecule has 0 fully saturated rings. The van der Waals surface area contributed by atoms with Gasteiger partial charge in [-0.3, -0.25) is 0 Å². The quantitative estimate of drug-likeness (QED) is 0.175. The van der Waals surface area contributed by atoms with Crippen molar-refractivity contribution in [3.05, 3.63) is 222 Å². The molecule has 0 N–H and O–H groups in total. The molecule has 0 bridgehead atoms. The van der Waals surface area contributed by atoms with Crippen LogP contribution in [-0.4, -0.2) is 15.0 Å². The van der Waals surface area contributed by atoms with Crippen molar-refractivity contribution in [2.24, 2.45) is 0 Å². The fraction of sp³-hybridized carbons (Fsp3) is 0.0189. The Morgan fingerprint density at radius 2 is 0.793 bits per heavy atom. The predicted molar refractivity (Wildman–Crippen MR) is 233 cm³/mol. The van der Waals surface area contributed by atoms with Gasteiger partial charge < -0.3 is 0 Å². The predicted octanol–water partition coefficient (Wildman–Crippen LogP) is 12.9. The number of aromatic nitrogens is 3. The van der Waals surface area contributed by atoms with E-state index in [0.717, 1.165) is 54.3 Å². The zero-order valence-corrected chi connectivity index (χ0v) is 32.0. The zero-order valence-electron chi connectivity index (χ0n) is 31.2. The summed E-state index contributed by atoms with van der Waals surface area (Å²) in [5.74, 6) is 1.83. The molecular weight excluding hydrogens is 725 g/mol. The maximum atomic E-state index is 10.5. The molecule has 0 saturated heterocycles. The number of nitrogens with zero attached hydrogens (tertiary/aromatic N) is 4. The van der Waals surface area contributed by atoms with Crippen LogP contribution in [0.4, 0.5) is 0 Å². The van der Waals surface area contributed by atoms with Crippen molar-refractivity contribution < 1.29 is 0 Å². The third kappa shape index (κ3) is 5.27. The fourth-order valence-corrected chi connectivity index (χ4v) is 10.3. The minimum Gasteiger partial charge on any atom is -0.208 e. The van der Waals surface area contributed by atoms with Crippen LogP contribution >= 0.6 is 11.8 Å². The van der Waals surface area contributed by atoms with Crippen molar-refractivity contribution in [1.82, 2.24) is 15.0 Å². The van der Waals surface area contributed by atoms with Crippen LogP contribution in [0.2, 0.25) is 0 Å². The van der Waals surface area contributed by atoms with Gasteiger partial charge in [-0.1, -0.05) is 194 Å². The van der Waals surface area contributed by atoms with Crippen molar-refractivity contribution in [2.75, 3.05) is 0 Å². The van der Waals surface area contributed by atoms with Crippen LogP contribution in [-0.2, 0) is 5.41 Å². The highest BCUT2D eigenvalue weighted by molar-refractivity contribution is 7.99. The number of rotatable bonds is 5. The Labute approximate surface area is 341 Å². The van der Waals surface area contributed by atoms with Crippen molar-refractivity contribution in [3.63, 3.8) is 0 Å². The van der Waals surface area contributed by atoms with Crippen LogP contribution < -0.4 is 0 Å². The van der Waals surface area contributed by atoms with Gasteiger partial charge in [-0.25, -0.2) is 15.0 Å². The molecule has 2 heterocycles. The SMILES string of the molecule is N#Cc1cccc2c1Sc1c(-c3cccc(-c4nc(-c5ccccc5)nc(-c5ccc(-c6ccccc6)cc5)n4)c3)cccc1C21c2ccccc2-c2ccccc21. The van der Waals surface area contributed by atoms with E-state index >= 15 is 0 Å². The molecule has 0 atom stereocenters. The van der Waals surface area contributed by atoms with E-state index in [1.54, 1.807) is 11.8 Å². The second-order valence-corrected chi connectivity index (χ2v) is 15.6. The first-order chi connectivity index (χ1) is 28.7. The summed E-state index contributed by atoms with van der Waals surface area (Å²) >= 11 is 1.70. The topological polar surface area (TPSA) is 62.5 Å². The van der Waals surface area contributed by atoms with Gasteiger partial charge in [0.2, 0.25) is 0 Å². The van der Waals surface area contributed by atoms with Crippen molar-refractivity contribution in [2.45, 2.75) is 15.2 Å². The van der Waals surface area contributed by atoms with E-state index in [0.29, 0.717) is 23.0 Å². The highest BCUT2D eigenvalue weighted by atomic mass is 32.2. The van der Waals surface area contributed by atoms with E-state index < -0.39 is 5.41 Å². The molecule has 11 rings (SSSR count). The maximum absolute atomic E-state index is 10.5. The van der Waals surface area contributed by atoms with Crippen LogP contribution in [0, 0.1) is 11.3 Å². The molecule has 1 aliphatic heterocycles. The molecule has 0 saturated carbocycles. The summed E-state index contributed by atoms with van der Waals surface area (Å²) in [6.07, 6.45) is 0. The summed E-state index contributed by atoms with van der Waals surface area (Å²) in [5, 5.41) is 10.5. The molecule has 1 aliphatic carbocycles. The molecule has 4 nitrogen and oxygen atoms in total. The van der Waals surface area contributed by atoms with Gasteiger partial charge in [-0.05, 0) is 67.8 Å². The van der Waals surface area contributed by atoms with Crippen LogP contribution in [0.25, 0.3) is 67.5 Å². The maximum Gasteiger partial charge on any atom is 0.164 e. The average Bonchev–Trinajstić information content (AvgIpc) is 3.60.